The molecule has 1 aromatic carbocycles. The molecule has 21 heavy (non-hydrogen) atoms. The van der Waals surface area contributed by atoms with E-state index in [0.717, 1.165) is 5.56 Å². The summed E-state index contributed by atoms with van der Waals surface area (Å²) in [6.45, 7) is 3.65. The van der Waals surface area contributed by atoms with Gasteiger partial charge in [-0.15, -0.1) is 11.3 Å². The van der Waals surface area contributed by atoms with Gasteiger partial charge in [-0.3, -0.25) is 9.59 Å². The molecule has 0 atom stereocenters. The van der Waals surface area contributed by atoms with E-state index in [9.17, 15) is 9.59 Å². The smallest absolute Gasteiger partial charge is 0.309 e. The molecule has 1 heterocycles. The van der Waals surface area contributed by atoms with Crippen LogP contribution in [0.5, 0.6) is 0 Å². The zero-order valence-electron chi connectivity index (χ0n) is 11.8. The van der Waals surface area contributed by atoms with Crippen molar-refractivity contribution in [3.05, 3.63) is 35.3 Å². The Kier molecular flexibility index (Phi) is 4.70. The molecule has 0 saturated heterocycles. The van der Waals surface area contributed by atoms with E-state index >= 15 is 0 Å². The molecule has 1 aromatic heterocycles. The Morgan fingerprint density at radius 1 is 1.33 bits per heavy atom. The Balaban J connectivity index is 2.29. The number of benzene rings is 1. The highest BCUT2D eigenvalue weighted by Gasteiger charge is 2.14. The van der Waals surface area contributed by atoms with Crippen LogP contribution in [0.25, 0.3) is 10.6 Å². The van der Waals surface area contributed by atoms with E-state index in [1.54, 1.807) is 5.38 Å². The van der Waals surface area contributed by atoms with Gasteiger partial charge in [-0.2, -0.15) is 0 Å². The lowest BCUT2D eigenvalue weighted by Gasteiger charge is -2.11. The third-order valence-corrected chi connectivity index (χ3v) is 3.75. The average Bonchev–Trinajstić information content (AvgIpc) is 2.86. The number of nitrogens with one attached hydrogen (secondary N) is 1. The van der Waals surface area contributed by atoms with Crippen LogP contribution in [0.3, 0.4) is 0 Å². The Morgan fingerprint density at radius 2 is 2.05 bits per heavy atom. The summed E-state index contributed by atoms with van der Waals surface area (Å²) in [6, 6.07) is 7.37. The van der Waals surface area contributed by atoms with Gasteiger partial charge in [0.05, 0.1) is 17.8 Å². The molecule has 5 nitrogen and oxygen atoms in total. The number of anilines is 1. The molecule has 2 N–H and O–H groups in total. The maximum atomic E-state index is 11.8. The van der Waals surface area contributed by atoms with E-state index < -0.39 is 5.97 Å². The van der Waals surface area contributed by atoms with Crippen LogP contribution in [0.2, 0.25) is 0 Å². The van der Waals surface area contributed by atoms with Gasteiger partial charge in [0.2, 0.25) is 5.91 Å². The summed E-state index contributed by atoms with van der Waals surface area (Å²) in [5.41, 5.74) is 2.01. The predicted octanol–water partition coefficient (Wildman–Crippen LogP) is 3.03. The lowest BCUT2D eigenvalue weighted by Crippen LogP contribution is -2.18. The summed E-state index contributed by atoms with van der Waals surface area (Å²) in [4.78, 5) is 26.9. The number of amides is 1. The van der Waals surface area contributed by atoms with Crippen molar-refractivity contribution in [3.63, 3.8) is 0 Å². The van der Waals surface area contributed by atoms with Gasteiger partial charge in [0.15, 0.2) is 0 Å². The molecule has 0 aliphatic carbocycles. The summed E-state index contributed by atoms with van der Waals surface area (Å²) < 4.78 is 0. The first-order valence-corrected chi connectivity index (χ1v) is 7.42. The van der Waals surface area contributed by atoms with Crippen molar-refractivity contribution >= 4 is 28.9 Å². The van der Waals surface area contributed by atoms with Crippen molar-refractivity contribution in [1.82, 2.24) is 4.98 Å². The maximum Gasteiger partial charge on any atom is 0.309 e. The van der Waals surface area contributed by atoms with Gasteiger partial charge in [-0.1, -0.05) is 26.0 Å². The molecule has 2 aromatic rings. The lowest BCUT2D eigenvalue weighted by molar-refractivity contribution is -0.136. The second-order valence-corrected chi connectivity index (χ2v) is 5.76. The van der Waals surface area contributed by atoms with Crippen LogP contribution in [0, 0.1) is 5.92 Å². The highest BCUT2D eigenvalue weighted by atomic mass is 32.1. The van der Waals surface area contributed by atoms with E-state index in [-0.39, 0.29) is 18.2 Å². The minimum absolute atomic E-state index is 0.0650. The van der Waals surface area contributed by atoms with Crippen LogP contribution < -0.4 is 5.32 Å². The summed E-state index contributed by atoms with van der Waals surface area (Å²) in [7, 11) is 0. The Labute approximate surface area is 126 Å². The fourth-order valence-electron chi connectivity index (χ4n) is 1.72. The molecule has 0 aliphatic heterocycles. The van der Waals surface area contributed by atoms with Crippen molar-refractivity contribution in [2.45, 2.75) is 20.3 Å². The number of aromatic nitrogens is 1. The Hall–Kier alpha value is -2.21. The second kappa shape index (κ2) is 6.49. The first-order valence-electron chi connectivity index (χ1n) is 6.54. The van der Waals surface area contributed by atoms with E-state index in [1.165, 1.54) is 11.3 Å². The standard InChI is InChI=1S/C15H16N2O3S/c1-9(2)14(20)17-12-6-4-3-5-11(12)15-16-10(8-21-15)7-13(18)19/h3-6,8-9H,7H2,1-2H3,(H,17,20)(H,18,19). The number of hydrogen-bond acceptors (Lipinski definition) is 4. The van der Waals surface area contributed by atoms with Gasteiger partial charge in [0.25, 0.3) is 0 Å². The molecule has 2 rings (SSSR count). The molecule has 0 unspecified atom stereocenters. The average molecular weight is 304 g/mol. The molecule has 0 fully saturated rings. The molecule has 6 heteroatoms. The van der Waals surface area contributed by atoms with E-state index in [2.05, 4.69) is 10.3 Å². The van der Waals surface area contributed by atoms with Crippen LogP contribution in [0.1, 0.15) is 19.5 Å². The number of carbonyl (C=O) groups is 2. The molecular formula is C15H16N2O3S. The second-order valence-electron chi connectivity index (χ2n) is 4.90. The summed E-state index contributed by atoms with van der Waals surface area (Å²) in [6.07, 6.45) is -0.100. The van der Waals surface area contributed by atoms with Gasteiger partial charge in [0.1, 0.15) is 5.01 Å². The highest BCUT2D eigenvalue weighted by Crippen LogP contribution is 2.30. The van der Waals surface area contributed by atoms with Gasteiger partial charge >= 0.3 is 5.97 Å². The molecule has 110 valence electrons. The van der Waals surface area contributed by atoms with Gasteiger partial charge in [-0.05, 0) is 12.1 Å². The maximum absolute atomic E-state index is 11.8. The summed E-state index contributed by atoms with van der Waals surface area (Å²) in [5.74, 6) is -1.09. The van der Waals surface area contributed by atoms with Gasteiger partial charge in [0, 0.05) is 16.9 Å². The molecule has 0 bridgehead atoms. The topological polar surface area (TPSA) is 79.3 Å². The number of carbonyl (C=O) groups excluding carboxylic acids is 1. The summed E-state index contributed by atoms with van der Waals surface area (Å²) in [5, 5.41) is 14.1. The highest BCUT2D eigenvalue weighted by molar-refractivity contribution is 7.13. The zero-order valence-corrected chi connectivity index (χ0v) is 12.6. The first-order chi connectivity index (χ1) is 9.97. The third-order valence-electron chi connectivity index (χ3n) is 2.82. The number of thiazole rings is 1. The number of hydrogen-bond donors (Lipinski definition) is 2. The van der Waals surface area contributed by atoms with E-state index in [1.807, 2.05) is 38.1 Å². The molecule has 0 aliphatic rings. The van der Waals surface area contributed by atoms with Gasteiger partial charge < -0.3 is 10.4 Å². The third kappa shape index (κ3) is 3.88. The number of nitrogens with zero attached hydrogens (tertiary/aromatic N) is 1. The number of carboxylic acid groups (broad SMARTS) is 1. The summed E-state index contributed by atoms with van der Waals surface area (Å²) >= 11 is 1.37. The molecule has 0 spiro atoms. The van der Waals surface area contributed by atoms with Crippen molar-refractivity contribution in [2.24, 2.45) is 5.92 Å². The number of carboxylic acids is 1. The largest absolute Gasteiger partial charge is 0.481 e. The van der Waals surface area contributed by atoms with Crippen LogP contribution in [0.4, 0.5) is 5.69 Å². The van der Waals surface area contributed by atoms with Crippen molar-refractivity contribution in [1.29, 1.82) is 0 Å². The molecule has 1 amide bonds. The predicted molar refractivity (Wildman–Crippen MR) is 82.4 cm³/mol. The van der Waals surface area contributed by atoms with Crippen LogP contribution in [-0.4, -0.2) is 22.0 Å². The molecule has 0 radical (unpaired) electrons. The molecule has 0 saturated carbocycles. The quantitative estimate of drug-likeness (QED) is 0.890. The zero-order chi connectivity index (χ0) is 15.4. The van der Waals surface area contributed by atoms with Crippen molar-refractivity contribution in [2.75, 3.05) is 5.32 Å². The SMILES string of the molecule is CC(C)C(=O)Nc1ccccc1-c1nc(CC(=O)O)cs1. The fourth-order valence-corrected chi connectivity index (χ4v) is 2.58. The number of rotatable bonds is 5. The number of aliphatic carboxylic acids is 1. The first kappa shape index (κ1) is 15.2. The fraction of sp³-hybridized carbons (Fsp3) is 0.267. The minimum Gasteiger partial charge on any atom is -0.481 e. The Morgan fingerprint density at radius 3 is 2.71 bits per heavy atom. The minimum atomic E-state index is -0.909. The molecular weight excluding hydrogens is 288 g/mol. The van der Waals surface area contributed by atoms with Gasteiger partial charge in [-0.25, -0.2) is 4.98 Å². The van der Waals surface area contributed by atoms with Crippen molar-refractivity contribution in [3.8, 4) is 10.6 Å². The van der Waals surface area contributed by atoms with Crippen LogP contribution in [0.15, 0.2) is 29.6 Å². The monoisotopic (exact) mass is 304 g/mol. The van der Waals surface area contributed by atoms with Crippen molar-refractivity contribution < 1.29 is 14.7 Å². The lowest BCUT2D eigenvalue weighted by atomic mass is 10.1. The number of para-hydroxylation sites is 1. The van der Waals surface area contributed by atoms with E-state index in [0.29, 0.717) is 16.4 Å². The van der Waals surface area contributed by atoms with E-state index in [4.69, 9.17) is 5.11 Å². The normalized spacial score (nSPS) is 10.6. The Bertz CT molecular complexity index is 664. The van der Waals surface area contributed by atoms with Crippen LogP contribution >= 0.6 is 11.3 Å². The van der Waals surface area contributed by atoms with Crippen LogP contribution in [-0.2, 0) is 16.0 Å².